The third-order valence-corrected chi connectivity index (χ3v) is 3.65. The summed E-state index contributed by atoms with van der Waals surface area (Å²) in [6, 6.07) is 9.91. The van der Waals surface area contributed by atoms with Gasteiger partial charge >= 0.3 is 0 Å². The predicted octanol–water partition coefficient (Wildman–Crippen LogP) is 3.82. The van der Waals surface area contributed by atoms with E-state index in [4.69, 9.17) is 0 Å². The Morgan fingerprint density at radius 2 is 2.00 bits per heavy atom. The number of thiazole rings is 1. The smallest absolute Gasteiger partial charge is 0.171 e. The van der Waals surface area contributed by atoms with Crippen LogP contribution >= 0.6 is 11.3 Å². The Bertz CT molecular complexity index is 572. The molecule has 0 aliphatic rings. The van der Waals surface area contributed by atoms with Gasteiger partial charge in [-0.05, 0) is 19.1 Å². The number of nitrogens with zero attached hydrogens (tertiary/aromatic N) is 1. The van der Waals surface area contributed by atoms with Gasteiger partial charge in [-0.25, -0.2) is 4.98 Å². The first kappa shape index (κ1) is 12.5. The van der Waals surface area contributed by atoms with Gasteiger partial charge < -0.3 is 5.32 Å². The monoisotopic (exact) mass is 258 g/mol. The molecule has 0 unspecified atom stereocenters. The van der Waals surface area contributed by atoms with E-state index in [2.05, 4.69) is 10.3 Å². The van der Waals surface area contributed by atoms with Crippen molar-refractivity contribution in [2.24, 2.45) is 0 Å². The maximum Gasteiger partial charge on any atom is 0.171 e. The summed E-state index contributed by atoms with van der Waals surface area (Å²) in [7, 11) is 0. The molecule has 2 rings (SSSR count). The minimum atomic E-state index is 0.0579. The number of Topliss-reactive ketones (excluding diaryl/α,β-unsaturated/α-hetero) is 1. The van der Waals surface area contributed by atoms with E-state index < -0.39 is 0 Å². The summed E-state index contributed by atoms with van der Waals surface area (Å²) in [5.41, 5.74) is 2.04. The summed E-state index contributed by atoms with van der Waals surface area (Å²) in [6.07, 6.45) is 3.53. The quantitative estimate of drug-likeness (QED) is 0.848. The lowest BCUT2D eigenvalue weighted by Gasteiger charge is -2.01. The van der Waals surface area contributed by atoms with E-state index in [1.54, 1.807) is 13.1 Å². The van der Waals surface area contributed by atoms with Gasteiger partial charge in [-0.2, -0.15) is 0 Å². The van der Waals surface area contributed by atoms with Crippen LogP contribution in [0.4, 0.5) is 5.69 Å². The molecular weight excluding hydrogens is 244 g/mol. The number of allylic oxidation sites excluding steroid dienone is 1. The average Bonchev–Trinajstić information content (AvgIpc) is 2.87. The maximum atomic E-state index is 11.2. The third-order valence-electron chi connectivity index (χ3n) is 2.42. The van der Waals surface area contributed by atoms with Crippen LogP contribution in [0.15, 0.2) is 42.7 Å². The third kappa shape index (κ3) is 3.05. The van der Waals surface area contributed by atoms with E-state index in [1.165, 1.54) is 11.3 Å². The highest BCUT2D eigenvalue weighted by Gasteiger charge is 2.06. The van der Waals surface area contributed by atoms with Crippen molar-refractivity contribution in [2.75, 3.05) is 5.32 Å². The standard InChI is InChI=1S/C14H14N2OS/c1-10(8-15-12-6-4-3-5-7-12)14-16-9-13(18-14)11(2)17/h3-9,15H,1-2H3/b10-8+. The second-order valence-electron chi connectivity index (χ2n) is 3.92. The van der Waals surface area contributed by atoms with E-state index in [-0.39, 0.29) is 5.78 Å². The van der Waals surface area contributed by atoms with Gasteiger partial charge in [-0.3, -0.25) is 4.79 Å². The van der Waals surface area contributed by atoms with Gasteiger partial charge in [0.25, 0.3) is 0 Å². The number of hydrogen-bond donors (Lipinski definition) is 1. The molecule has 0 aliphatic carbocycles. The summed E-state index contributed by atoms with van der Waals surface area (Å²) in [5, 5.41) is 4.07. The number of carbonyl (C=O) groups excluding carboxylic acids is 1. The highest BCUT2D eigenvalue weighted by Crippen LogP contribution is 2.21. The van der Waals surface area contributed by atoms with Crippen LogP contribution in [0, 0.1) is 0 Å². The van der Waals surface area contributed by atoms with Crippen molar-refractivity contribution in [1.82, 2.24) is 4.98 Å². The first-order valence-corrected chi connectivity index (χ1v) is 6.44. The lowest BCUT2D eigenvalue weighted by atomic mass is 10.3. The minimum absolute atomic E-state index is 0.0579. The van der Waals surface area contributed by atoms with Crippen molar-refractivity contribution in [3.8, 4) is 0 Å². The zero-order chi connectivity index (χ0) is 13.0. The number of hydrogen-bond acceptors (Lipinski definition) is 4. The Labute approximate surface area is 110 Å². The Morgan fingerprint density at radius 3 is 2.61 bits per heavy atom. The molecule has 0 aliphatic heterocycles. The van der Waals surface area contributed by atoms with Gasteiger partial charge in [0, 0.05) is 30.6 Å². The van der Waals surface area contributed by atoms with Gasteiger partial charge in [0.05, 0.1) is 4.88 Å². The first-order valence-electron chi connectivity index (χ1n) is 5.62. The SMILES string of the molecule is CC(=O)c1cnc(/C(C)=C/Nc2ccccc2)s1. The molecule has 1 aromatic carbocycles. The van der Waals surface area contributed by atoms with Gasteiger partial charge in [-0.1, -0.05) is 18.2 Å². The van der Waals surface area contributed by atoms with Gasteiger partial charge in [-0.15, -0.1) is 11.3 Å². The van der Waals surface area contributed by atoms with Crippen LogP contribution in [0.3, 0.4) is 0 Å². The summed E-state index contributed by atoms with van der Waals surface area (Å²) in [4.78, 5) is 16.1. The lowest BCUT2D eigenvalue weighted by Crippen LogP contribution is -1.88. The molecule has 0 saturated carbocycles. The predicted molar refractivity (Wildman–Crippen MR) is 75.8 cm³/mol. The number of benzene rings is 1. The Morgan fingerprint density at radius 1 is 1.28 bits per heavy atom. The van der Waals surface area contributed by atoms with E-state index in [0.29, 0.717) is 4.88 Å². The van der Waals surface area contributed by atoms with Gasteiger partial charge in [0.1, 0.15) is 5.01 Å². The molecule has 3 nitrogen and oxygen atoms in total. The van der Waals surface area contributed by atoms with Crippen LogP contribution in [-0.2, 0) is 0 Å². The number of nitrogens with one attached hydrogen (secondary N) is 1. The molecule has 0 saturated heterocycles. The number of aromatic nitrogens is 1. The fourth-order valence-electron chi connectivity index (χ4n) is 1.41. The maximum absolute atomic E-state index is 11.2. The molecule has 4 heteroatoms. The molecule has 0 atom stereocenters. The minimum Gasteiger partial charge on any atom is -0.361 e. The number of ketones is 1. The first-order chi connectivity index (χ1) is 8.66. The molecular formula is C14H14N2OS. The van der Waals surface area contributed by atoms with Crippen LogP contribution in [0.2, 0.25) is 0 Å². The van der Waals surface area contributed by atoms with E-state index in [0.717, 1.165) is 16.3 Å². The van der Waals surface area contributed by atoms with Crippen LogP contribution in [-0.4, -0.2) is 10.8 Å². The van der Waals surface area contributed by atoms with Crippen molar-refractivity contribution in [3.63, 3.8) is 0 Å². The van der Waals surface area contributed by atoms with Crippen molar-refractivity contribution in [1.29, 1.82) is 0 Å². The molecule has 0 spiro atoms. The van der Waals surface area contributed by atoms with Crippen molar-refractivity contribution in [2.45, 2.75) is 13.8 Å². The van der Waals surface area contributed by atoms with Gasteiger partial charge in [0.15, 0.2) is 5.78 Å². The fourth-order valence-corrected chi connectivity index (χ4v) is 2.19. The summed E-state index contributed by atoms with van der Waals surface area (Å²) in [6.45, 7) is 3.53. The van der Waals surface area contributed by atoms with E-state index >= 15 is 0 Å². The normalized spacial score (nSPS) is 11.3. The zero-order valence-electron chi connectivity index (χ0n) is 10.3. The fraction of sp³-hybridized carbons (Fsp3) is 0.143. The molecule has 1 heterocycles. The largest absolute Gasteiger partial charge is 0.361 e. The number of anilines is 1. The van der Waals surface area contributed by atoms with Crippen molar-refractivity contribution >= 4 is 28.4 Å². The molecule has 0 amide bonds. The highest BCUT2D eigenvalue weighted by atomic mass is 32.1. The molecule has 2 aromatic rings. The Hall–Kier alpha value is -1.94. The van der Waals surface area contributed by atoms with Crippen LogP contribution in [0.5, 0.6) is 0 Å². The molecule has 0 radical (unpaired) electrons. The Kier molecular flexibility index (Phi) is 3.89. The molecule has 1 aromatic heterocycles. The molecule has 0 fully saturated rings. The van der Waals surface area contributed by atoms with Crippen molar-refractivity contribution in [3.05, 3.63) is 52.6 Å². The summed E-state index contributed by atoms with van der Waals surface area (Å²) >= 11 is 1.42. The number of carbonyl (C=O) groups is 1. The summed E-state index contributed by atoms with van der Waals surface area (Å²) < 4.78 is 0. The molecule has 92 valence electrons. The molecule has 0 bridgehead atoms. The number of para-hydroxylation sites is 1. The van der Waals surface area contributed by atoms with Crippen molar-refractivity contribution < 1.29 is 4.79 Å². The van der Waals surface area contributed by atoms with Crippen LogP contribution in [0.25, 0.3) is 5.57 Å². The molecule has 1 N–H and O–H groups in total. The topological polar surface area (TPSA) is 42.0 Å². The second kappa shape index (κ2) is 5.60. The Balaban J connectivity index is 2.10. The highest BCUT2D eigenvalue weighted by molar-refractivity contribution is 7.14. The second-order valence-corrected chi connectivity index (χ2v) is 4.95. The van der Waals surface area contributed by atoms with E-state index in [9.17, 15) is 4.79 Å². The average molecular weight is 258 g/mol. The molecule has 18 heavy (non-hydrogen) atoms. The zero-order valence-corrected chi connectivity index (χ0v) is 11.1. The van der Waals surface area contributed by atoms with Gasteiger partial charge in [0.2, 0.25) is 0 Å². The van der Waals surface area contributed by atoms with Crippen LogP contribution in [0.1, 0.15) is 28.5 Å². The summed E-state index contributed by atoms with van der Waals surface area (Å²) in [5.74, 6) is 0.0579. The van der Waals surface area contributed by atoms with Crippen LogP contribution < -0.4 is 5.32 Å². The number of rotatable bonds is 4. The van der Waals surface area contributed by atoms with E-state index in [1.807, 2.05) is 43.5 Å². The lowest BCUT2D eigenvalue weighted by molar-refractivity contribution is 0.102.